The highest BCUT2D eigenvalue weighted by molar-refractivity contribution is 5.76. The summed E-state index contributed by atoms with van der Waals surface area (Å²) < 4.78 is 5.33. The molecule has 1 aliphatic heterocycles. The van der Waals surface area contributed by atoms with E-state index in [1.807, 2.05) is 0 Å². The van der Waals surface area contributed by atoms with Crippen molar-refractivity contribution in [2.45, 2.75) is 45.1 Å². The number of rotatable bonds is 8. The first-order valence-electron chi connectivity index (χ1n) is 7.23. The zero-order valence-electron chi connectivity index (χ0n) is 12.5. The van der Waals surface area contributed by atoms with Gasteiger partial charge in [-0.2, -0.15) is 0 Å². The van der Waals surface area contributed by atoms with E-state index in [2.05, 4.69) is 24.1 Å². The molecule has 1 amide bonds. The number of unbranched alkanes of at least 4 members (excludes halogenated alkanes) is 1. The smallest absolute Gasteiger partial charge is 0.303 e. The van der Waals surface area contributed by atoms with Crippen molar-refractivity contribution in [3.8, 4) is 0 Å². The molecule has 6 heteroatoms. The largest absolute Gasteiger partial charge is 0.481 e. The molecule has 0 atom stereocenters. The molecule has 0 aromatic carbocycles. The summed E-state index contributed by atoms with van der Waals surface area (Å²) in [4.78, 5) is 24.4. The Balaban J connectivity index is 2.19. The average Bonchev–Trinajstić information content (AvgIpc) is 2.42. The maximum absolute atomic E-state index is 11.7. The topological polar surface area (TPSA) is 78.9 Å². The Kier molecular flexibility index (Phi) is 6.95. The van der Waals surface area contributed by atoms with Gasteiger partial charge >= 0.3 is 5.97 Å². The molecule has 0 radical (unpaired) electrons. The van der Waals surface area contributed by atoms with Gasteiger partial charge in [-0.3, -0.25) is 14.5 Å². The SMILES string of the molecule is CC(C)(CNC(=O)CCCCC(=O)O)N1CCOCC1. The second-order valence-corrected chi connectivity index (χ2v) is 5.79. The second-order valence-electron chi connectivity index (χ2n) is 5.79. The van der Waals surface area contributed by atoms with Crippen LogP contribution in [0.3, 0.4) is 0 Å². The third-order valence-corrected chi connectivity index (χ3v) is 3.63. The van der Waals surface area contributed by atoms with E-state index in [1.54, 1.807) is 0 Å². The number of aliphatic carboxylic acids is 1. The molecule has 0 bridgehead atoms. The van der Waals surface area contributed by atoms with Gasteiger partial charge in [0.05, 0.1) is 13.2 Å². The lowest BCUT2D eigenvalue weighted by molar-refractivity contribution is -0.137. The fraction of sp³-hybridized carbons (Fsp3) is 0.857. The molecule has 1 fully saturated rings. The van der Waals surface area contributed by atoms with Crippen molar-refractivity contribution < 1.29 is 19.4 Å². The summed E-state index contributed by atoms with van der Waals surface area (Å²) >= 11 is 0. The van der Waals surface area contributed by atoms with Crippen molar-refractivity contribution >= 4 is 11.9 Å². The van der Waals surface area contributed by atoms with E-state index >= 15 is 0 Å². The Morgan fingerprint density at radius 3 is 2.40 bits per heavy atom. The highest BCUT2D eigenvalue weighted by atomic mass is 16.5. The lowest BCUT2D eigenvalue weighted by Gasteiger charge is -2.40. The Bertz CT molecular complexity index is 325. The molecule has 0 unspecified atom stereocenters. The molecule has 1 rings (SSSR count). The van der Waals surface area contributed by atoms with Gasteiger partial charge in [-0.1, -0.05) is 0 Å². The highest BCUT2D eigenvalue weighted by Gasteiger charge is 2.28. The van der Waals surface area contributed by atoms with E-state index in [1.165, 1.54) is 0 Å². The van der Waals surface area contributed by atoms with E-state index in [4.69, 9.17) is 9.84 Å². The minimum Gasteiger partial charge on any atom is -0.481 e. The van der Waals surface area contributed by atoms with Crippen molar-refractivity contribution in [3.05, 3.63) is 0 Å². The van der Waals surface area contributed by atoms with Crippen LogP contribution in [0.25, 0.3) is 0 Å². The monoisotopic (exact) mass is 286 g/mol. The molecular weight excluding hydrogens is 260 g/mol. The fourth-order valence-corrected chi connectivity index (χ4v) is 2.25. The van der Waals surface area contributed by atoms with Crippen LogP contribution < -0.4 is 5.32 Å². The summed E-state index contributed by atoms with van der Waals surface area (Å²) in [6.07, 6.45) is 1.70. The van der Waals surface area contributed by atoms with Crippen LogP contribution in [-0.4, -0.2) is 60.3 Å². The van der Waals surface area contributed by atoms with Crippen molar-refractivity contribution in [2.75, 3.05) is 32.8 Å². The van der Waals surface area contributed by atoms with E-state index < -0.39 is 5.97 Å². The molecule has 1 heterocycles. The van der Waals surface area contributed by atoms with E-state index in [0.29, 0.717) is 25.8 Å². The van der Waals surface area contributed by atoms with E-state index in [-0.39, 0.29) is 17.9 Å². The molecule has 1 aliphatic rings. The quantitative estimate of drug-likeness (QED) is 0.647. The first kappa shape index (κ1) is 16.9. The Hall–Kier alpha value is -1.14. The Labute approximate surface area is 120 Å². The summed E-state index contributed by atoms with van der Waals surface area (Å²) in [7, 11) is 0. The van der Waals surface area contributed by atoms with Gasteiger partial charge < -0.3 is 15.2 Å². The van der Waals surface area contributed by atoms with Gasteiger partial charge in [0.25, 0.3) is 0 Å². The predicted molar refractivity (Wildman–Crippen MR) is 75.6 cm³/mol. The number of amides is 1. The van der Waals surface area contributed by atoms with Crippen LogP contribution >= 0.6 is 0 Å². The van der Waals surface area contributed by atoms with Gasteiger partial charge in [0.15, 0.2) is 0 Å². The molecule has 6 nitrogen and oxygen atoms in total. The molecule has 0 spiro atoms. The maximum Gasteiger partial charge on any atom is 0.303 e. The number of hydrogen-bond acceptors (Lipinski definition) is 4. The number of hydrogen-bond donors (Lipinski definition) is 2. The van der Waals surface area contributed by atoms with Gasteiger partial charge in [0, 0.05) is 38.0 Å². The number of carboxylic acid groups (broad SMARTS) is 1. The van der Waals surface area contributed by atoms with Gasteiger partial charge in [-0.25, -0.2) is 0 Å². The van der Waals surface area contributed by atoms with Crippen LogP contribution in [0.15, 0.2) is 0 Å². The van der Waals surface area contributed by atoms with Crippen molar-refractivity contribution in [1.29, 1.82) is 0 Å². The van der Waals surface area contributed by atoms with Gasteiger partial charge in [-0.15, -0.1) is 0 Å². The third-order valence-electron chi connectivity index (χ3n) is 3.63. The lowest BCUT2D eigenvalue weighted by Crippen LogP contribution is -2.55. The minimum absolute atomic E-state index is 0.00303. The number of carbonyl (C=O) groups is 2. The number of ether oxygens (including phenoxy) is 1. The van der Waals surface area contributed by atoms with E-state index in [9.17, 15) is 9.59 Å². The van der Waals surface area contributed by atoms with Crippen LogP contribution in [0.4, 0.5) is 0 Å². The normalized spacial score (nSPS) is 16.9. The van der Waals surface area contributed by atoms with Crippen LogP contribution in [0.2, 0.25) is 0 Å². The van der Waals surface area contributed by atoms with Crippen LogP contribution in [-0.2, 0) is 14.3 Å². The molecule has 20 heavy (non-hydrogen) atoms. The van der Waals surface area contributed by atoms with Gasteiger partial charge in [0.2, 0.25) is 5.91 Å². The standard InChI is InChI=1S/C14H26N2O4/c1-14(2,16-7-9-20-10-8-16)11-15-12(17)5-3-4-6-13(18)19/h3-11H2,1-2H3,(H,15,17)(H,18,19). The first-order valence-corrected chi connectivity index (χ1v) is 7.23. The number of nitrogens with one attached hydrogen (secondary N) is 1. The van der Waals surface area contributed by atoms with Crippen LogP contribution in [0.1, 0.15) is 39.5 Å². The molecule has 1 saturated heterocycles. The highest BCUT2D eigenvalue weighted by Crippen LogP contribution is 2.15. The Morgan fingerprint density at radius 2 is 1.80 bits per heavy atom. The van der Waals surface area contributed by atoms with Crippen LogP contribution in [0.5, 0.6) is 0 Å². The number of carbonyl (C=O) groups excluding carboxylic acids is 1. The fourth-order valence-electron chi connectivity index (χ4n) is 2.25. The minimum atomic E-state index is -0.807. The van der Waals surface area contributed by atoms with Gasteiger partial charge in [-0.05, 0) is 26.7 Å². The molecule has 2 N–H and O–H groups in total. The summed E-state index contributed by atoms with van der Waals surface area (Å²) in [6, 6.07) is 0. The number of nitrogens with zero attached hydrogens (tertiary/aromatic N) is 1. The maximum atomic E-state index is 11.7. The van der Waals surface area contributed by atoms with Crippen molar-refractivity contribution in [1.82, 2.24) is 10.2 Å². The predicted octanol–water partition coefficient (Wildman–Crippen LogP) is 0.858. The lowest BCUT2D eigenvalue weighted by atomic mass is 10.0. The third kappa shape index (κ3) is 6.34. The zero-order chi connectivity index (χ0) is 15.0. The number of morpholine rings is 1. The summed E-state index contributed by atoms with van der Waals surface area (Å²) in [5.41, 5.74) is -0.0828. The molecule has 116 valence electrons. The van der Waals surface area contributed by atoms with Gasteiger partial charge in [0.1, 0.15) is 0 Å². The average molecular weight is 286 g/mol. The second kappa shape index (κ2) is 8.21. The molecule has 0 aromatic heterocycles. The molecule has 0 saturated carbocycles. The van der Waals surface area contributed by atoms with Crippen LogP contribution in [0, 0.1) is 0 Å². The summed E-state index contributed by atoms with van der Waals surface area (Å²) in [5.74, 6) is -0.810. The molecule has 0 aliphatic carbocycles. The number of carboxylic acids is 1. The van der Waals surface area contributed by atoms with Crippen molar-refractivity contribution in [2.24, 2.45) is 0 Å². The Morgan fingerprint density at radius 1 is 1.20 bits per heavy atom. The zero-order valence-corrected chi connectivity index (χ0v) is 12.5. The van der Waals surface area contributed by atoms with E-state index in [0.717, 1.165) is 26.3 Å². The van der Waals surface area contributed by atoms with Crippen molar-refractivity contribution in [3.63, 3.8) is 0 Å². The summed E-state index contributed by atoms with van der Waals surface area (Å²) in [5, 5.41) is 11.5. The summed E-state index contributed by atoms with van der Waals surface area (Å²) in [6.45, 7) is 8.10. The molecule has 0 aromatic rings. The molecular formula is C14H26N2O4. The first-order chi connectivity index (χ1) is 9.42.